The molecule has 2 saturated heterocycles. The molecule has 0 aromatic heterocycles. The van der Waals surface area contributed by atoms with Crippen LogP contribution in [0, 0.1) is 23.5 Å². The third kappa shape index (κ3) is 6.20. The van der Waals surface area contributed by atoms with E-state index in [4.69, 9.17) is 11.6 Å². The van der Waals surface area contributed by atoms with Gasteiger partial charge in [0.2, 0.25) is 11.8 Å². The van der Waals surface area contributed by atoms with Crippen LogP contribution in [0.3, 0.4) is 0 Å². The molecule has 3 aromatic rings. The number of rotatable bonds is 6. The van der Waals surface area contributed by atoms with E-state index in [2.05, 4.69) is 5.32 Å². The van der Waals surface area contributed by atoms with Crippen molar-refractivity contribution in [2.24, 2.45) is 11.8 Å². The number of hydrogen-bond donors (Lipinski definition) is 2. The van der Waals surface area contributed by atoms with E-state index in [0.717, 1.165) is 17.7 Å². The van der Waals surface area contributed by atoms with Gasteiger partial charge in [0.05, 0.1) is 6.42 Å². The lowest BCUT2D eigenvalue weighted by Crippen LogP contribution is -2.44. The van der Waals surface area contributed by atoms with E-state index in [1.54, 1.807) is 29.2 Å². The molecule has 7 nitrogen and oxygen atoms in total. The third-order valence-electron chi connectivity index (χ3n) is 7.98. The predicted molar refractivity (Wildman–Crippen MR) is 149 cm³/mol. The van der Waals surface area contributed by atoms with Crippen LogP contribution in [0.15, 0.2) is 66.7 Å². The molecule has 3 amide bonds. The van der Waals surface area contributed by atoms with E-state index in [1.807, 2.05) is 30.3 Å². The maximum absolute atomic E-state index is 14.4. The van der Waals surface area contributed by atoms with Crippen molar-refractivity contribution in [2.45, 2.75) is 25.3 Å². The normalized spacial score (nSPS) is 19.3. The number of halogens is 3. The van der Waals surface area contributed by atoms with Crippen molar-refractivity contribution in [1.82, 2.24) is 15.1 Å². The number of carbonyl (C=O) groups excluding carboxylic acids is 3. The Morgan fingerprint density at radius 3 is 2.20 bits per heavy atom. The van der Waals surface area contributed by atoms with E-state index >= 15 is 0 Å². The molecule has 0 bridgehead atoms. The average molecular weight is 582 g/mol. The van der Waals surface area contributed by atoms with Crippen LogP contribution < -0.4 is 5.32 Å². The van der Waals surface area contributed by atoms with Gasteiger partial charge in [0.1, 0.15) is 17.4 Å². The maximum atomic E-state index is 14.4. The van der Waals surface area contributed by atoms with Crippen LogP contribution in [-0.4, -0.2) is 58.8 Å². The first-order chi connectivity index (χ1) is 19.7. The standard InChI is InChI=1S/C31H30ClF2N3O4/c32-23-9-5-4-8-22(23)29(35-26(39)16-19-6-2-1-3-7-19)31(41)36-14-12-20-17-37(18-21(20)13-15-36)30(40)27-24(33)10-11-25(38)28(27)34/h1-11,20-21,29,38H,12-18H2,(H,35,39)/t20-,21+,29-/m1/s1. The molecule has 214 valence electrons. The van der Waals surface area contributed by atoms with Gasteiger partial charge in [0.25, 0.3) is 5.91 Å². The lowest BCUT2D eigenvalue weighted by atomic mass is 9.92. The minimum Gasteiger partial charge on any atom is -0.505 e. The first-order valence-electron chi connectivity index (χ1n) is 13.6. The lowest BCUT2D eigenvalue weighted by molar-refractivity contribution is -0.136. The summed E-state index contributed by atoms with van der Waals surface area (Å²) >= 11 is 6.46. The van der Waals surface area contributed by atoms with Crippen LogP contribution in [0.25, 0.3) is 0 Å². The second kappa shape index (κ2) is 12.3. The van der Waals surface area contributed by atoms with Gasteiger partial charge in [-0.25, -0.2) is 8.78 Å². The van der Waals surface area contributed by atoms with E-state index in [0.29, 0.717) is 49.6 Å². The fourth-order valence-corrected chi connectivity index (χ4v) is 6.03. The summed E-state index contributed by atoms with van der Waals surface area (Å²) in [5.41, 5.74) is 0.576. The average Bonchev–Trinajstić information content (AvgIpc) is 3.27. The fraction of sp³-hybridized carbons (Fsp3) is 0.323. The summed E-state index contributed by atoms with van der Waals surface area (Å²) in [5.74, 6) is -4.36. The second-order valence-electron chi connectivity index (χ2n) is 10.6. The van der Waals surface area contributed by atoms with E-state index in [1.165, 1.54) is 4.90 Å². The number of hydrogen-bond acceptors (Lipinski definition) is 4. The monoisotopic (exact) mass is 581 g/mol. The molecule has 10 heteroatoms. The molecule has 2 fully saturated rings. The summed E-state index contributed by atoms with van der Waals surface area (Å²) in [6, 6.07) is 17.0. The Kier molecular flexibility index (Phi) is 8.54. The van der Waals surface area contributed by atoms with Crippen LogP contribution in [0.2, 0.25) is 5.02 Å². The summed E-state index contributed by atoms with van der Waals surface area (Å²) in [4.78, 5) is 42.9. The maximum Gasteiger partial charge on any atom is 0.259 e. The molecule has 0 aliphatic carbocycles. The smallest absolute Gasteiger partial charge is 0.259 e. The van der Waals surface area contributed by atoms with Gasteiger partial charge in [-0.15, -0.1) is 0 Å². The van der Waals surface area contributed by atoms with Gasteiger partial charge in [-0.3, -0.25) is 14.4 Å². The minimum absolute atomic E-state index is 0.0339. The highest BCUT2D eigenvalue weighted by Crippen LogP contribution is 2.35. The number of nitrogens with zero attached hydrogens (tertiary/aromatic N) is 2. The number of phenols is 1. The Bertz CT molecular complexity index is 1440. The quantitative estimate of drug-likeness (QED) is 0.440. The van der Waals surface area contributed by atoms with Crippen molar-refractivity contribution in [3.05, 3.63) is 100 Å². The van der Waals surface area contributed by atoms with Crippen LogP contribution >= 0.6 is 11.6 Å². The van der Waals surface area contributed by atoms with Crippen molar-refractivity contribution in [1.29, 1.82) is 0 Å². The Labute approximate surface area is 241 Å². The summed E-state index contributed by atoms with van der Waals surface area (Å²) < 4.78 is 28.7. The molecule has 0 spiro atoms. The largest absolute Gasteiger partial charge is 0.505 e. The molecule has 0 saturated carbocycles. The number of aromatic hydroxyl groups is 1. The second-order valence-corrected chi connectivity index (χ2v) is 11.0. The number of benzene rings is 3. The first-order valence-corrected chi connectivity index (χ1v) is 13.9. The van der Waals surface area contributed by atoms with E-state index in [9.17, 15) is 28.3 Å². The summed E-state index contributed by atoms with van der Waals surface area (Å²) in [7, 11) is 0. The van der Waals surface area contributed by atoms with Crippen molar-refractivity contribution < 1.29 is 28.3 Å². The number of carbonyl (C=O) groups is 3. The SMILES string of the molecule is O=C(Cc1ccccc1)N[C@@H](C(=O)N1CC[C@@H]2CN(C(=O)c3c(F)ccc(O)c3F)C[C@@H]2CC1)c1ccccc1Cl. The highest BCUT2D eigenvalue weighted by molar-refractivity contribution is 6.31. The Hall–Kier alpha value is -3.98. The van der Waals surface area contributed by atoms with Gasteiger partial charge in [0, 0.05) is 36.8 Å². The van der Waals surface area contributed by atoms with Crippen molar-refractivity contribution in [3.8, 4) is 5.75 Å². The third-order valence-corrected chi connectivity index (χ3v) is 8.32. The van der Waals surface area contributed by atoms with E-state index in [-0.39, 0.29) is 30.1 Å². The molecule has 2 N–H and O–H groups in total. The molecular weight excluding hydrogens is 552 g/mol. The zero-order valence-electron chi connectivity index (χ0n) is 22.2. The topological polar surface area (TPSA) is 90.0 Å². The fourth-order valence-electron chi connectivity index (χ4n) is 5.79. The molecular formula is C31H30ClF2N3O4. The van der Waals surface area contributed by atoms with Gasteiger partial charge in [0.15, 0.2) is 11.6 Å². The van der Waals surface area contributed by atoms with Crippen molar-refractivity contribution in [2.75, 3.05) is 26.2 Å². The molecule has 2 aliphatic heterocycles. The summed E-state index contributed by atoms with van der Waals surface area (Å²) in [6.07, 6.45) is 1.28. The Morgan fingerprint density at radius 1 is 0.902 bits per heavy atom. The predicted octanol–water partition coefficient (Wildman–Crippen LogP) is 4.73. The number of amides is 3. The van der Waals surface area contributed by atoms with Crippen LogP contribution in [0.1, 0.15) is 40.4 Å². The van der Waals surface area contributed by atoms with Crippen LogP contribution in [-0.2, 0) is 16.0 Å². The molecule has 2 heterocycles. The first kappa shape index (κ1) is 28.5. The highest BCUT2D eigenvalue weighted by atomic mass is 35.5. The van der Waals surface area contributed by atoms with Crippen molar-refractivity contribution in [3.63, 3.8) is 0 Å². The number of likely N-dealkylation sites (tertiary alicyclic amines) is 2. The van der Waals surface area contributed by atoms with Crippen LogP contribution in [0.4, 0.5) is 8.78 Å². The van der Waals surface area contributed by atoms with Gasteiger partial charge < -0.3 is 20.2 Å². The lowest BCUT2D eigenvalue weighted by Gasteiger charge is -2.28. The van der Waals surface area contributed by atoms with E-state index < -0.39 is 34.9 Å². The van der Waals surface area contributed by atoms with Gasteiger partial charge in [-0.05, 0) is 48.4 Å². The highest BCUT2D eigenvalue weighted by Gasteiger charge is 2.40. The molecule has 2 aliphatic rings. The van der Waals surface area contributed by atoms with Crippen LogP contribution in [0.5, 0.6) is 5.75 Å². The Morgan fingerprint density at radius 2 is 1.54 bits per heavy atom. The van der Waals surface area contributed by atoms with Crippen molar-refractivity contribution >= 4 is 29.3 Å². The van der Waals surface area contributed by atoms with Gasteiger partial charge >= 0.3 is 0 Å². The van der Waals surface area contributed by atoms with Gasteiger partial charge in [-0.1, -0.05) is 60.1 Å². The number of nitrogens with one attached hydrogen (secondary N) is 1. The minimum atomic E-state index is -1.27. The number of fused-ring (bicyclic) bond motifs is 1. The molecule has 3 atom stereocenters. The molecule has 41 heavy (non-hydrogen) atoms. The molecule has 0 unspecified atom stereocenters. The molecule has 5 rings (SSSR count). The van der Waals surface area contributed by atoms with Gasteiger partial charge in [-0.2, -0.15) is 0 Å². The molecule has 3 aromatic carbocycles. The number of phenolic OH excluding ortho intramolecular Hbond substituents is 1. The zero-order chi connectivity index (χ0) is 29.1. The zero-order valence-corrected chi connectivity index (χ0v) is 23.0. The molecule has 0 radical (unpaired) electrons. The summed E-state index contributed by atoms with van der Waals surface area (Å²) in [5, 5.41) is 12.9. The Balaban J connectivity index is 1.27. The summed E-state index contributed by atoms with van der Waals surface area (Å²) in [6.45, 7) is 1.38.